The van der Waals surface area contributed by atoms with E-state index in [0.717, 1.165) is 39.8 Å². The number of methoxy groups -OCH3 is 1. The topological polar surface area (TPSA) is 80.9 Å². The Balaban J connectivity index is 1.49. The molecule has 1 unspecified atom stereocenters. The number of hydrazone groups is 1. The van der Waals surface area contributed by atoms with Crippen molar-refractivity contribution in [2.75, 3.05) is 18.4 Å². The highest BCUT2D eigenvalue weighted by Crippen LogP contribution is 2.40. The number of anilines is 1. The fourth-order valence-corrected chi connectivity index (χ4v) is 5.23. The number of benzene rings is 3. The quantitative estimate of drug-likeness (QED) is 0.157. The van der Waals surface area contributed by atoms with E-state index in [1.54, 1.807) is 31.0 Å². The van der Waals surface area contributed by atoms with Gasteiger partial charge in [-0.15, -0.1) is 23.1 Å². The van der Waals surface area contributed by atoms with Gasteiger partial charge in [-0.3, -0.25) is 10.1 Å². The van der Waals surface area contributed by atoms with Gasteiger partial charge in [-0.2, -0.15) is 5.10 Å². The van der Waals surface area contributed by atoms with Crippen LogP contribution in [0.3, 0.4) is 0 Å². The maximum Gasteiger partial charge on any atom is 0.269 e. The zero-order chi connectivity index (χ0) is 24.4. The second-order valence-corrected chi connectivity index (χ2v) is 9.65. The lowest BCUT2D eigenvalue weighted by Crippen LogP contribution is -2.18. The van der Waals surface area contributed by atoms with E-state index in [2.05, 4.69) is 30.5 Å². The van der Waals surface area contributed by atoms with Crippen LogP contribution in [0.2, 0.25) is 0 Å². The van der Waals surface area contributed by atoms with E-state index >= 15 is 0 Å². The number of thioether (sulfide) groups is 1. The van der Waals surface area contributed by atoms with E-state index in [1.807, 2.05) is 34.7 Å². The molecular formula is C26H22N4O3S2. The zero-order valence-electron chi connectivity index (χ0n) is 19.1. The van der Waals surface area contributed by atoms with Crippen LogP contribution in [0.1, 0.15) is 23.6 Å². The third-order valence-electron chi connectivity index (χ3n) is 5.90. The minimum atomic E-state index is -0.400. The molecule has 0 bridgehead atoms. The molecule has 0 N–H and O–H groups in total. The molecule has 5 rings (SSSR count). The summed E-state index contributed by atoms with van der Waals surface area (Å²) in [5, 5.41) is 20.7. The Bertz CT molecular complexity index is 1370. The number of rotatable bonds is 7. The molecule has 0 aliphatic carbocycles. The molecule has 1 atom stereocenters. The Morgan fingerprint density at radius 1 is 1.03 bits per heavy atom. The number of nitro benzene ring substituents is 1. The minimum absolute atomic E-state index is 0.0128. The molecule has 7 nitrogen and oxygen atoms in total. The van der Waals surface area contributed by atoms with Gasteiger partial charge in [0.05, 0.1) is 29.5 Å². The maximum atomic E-state index is 11.0. The Hall–Kier alpha value is -3.69. The van der Waals surface area contributed by atoms with E-state index in [1.165, 1.54) is 33.9 Å². The molecule has 2 heterocycles. The zero-order valence-corrected chi connectivity index (χ0v) is 20.8. The second-order valence-electron chi connectivity index (χ2n) is 7.93. The molecule has 0 saturated carbocycles. The summed E-state index contributed by atoms with van der Waals surface area (Å²) in [6.07, 6.45) is 2.81. The van der Waals surface area contributed by atoms with Crippen LogP contribution in [0.25, 0.3) is 11.3 Å². The van der Waals surface area contributed by atoms with Crippen molar-refractivity contribution in [1.29, 1.82) is 0 Å². The first-order chi connectivity index (χ1) is 17.1. The van der Waals surface area contributed by atoms with Crippen molar-refractivity contribution in [1.82, 2.24) is 4.98 Å². The molecule has 9 heteroatoms. The molecule has 1 aliphatic heterocycles. The number of nitrogens with zero attached hydrogens (tertiary/aromatic N) is 4. The SMILES string of the molecule is COc1ccc(C2=NN(c3nc(-c4ccc([N+](=O)[O-])cc4)cs3)C(c3ccc(SC)cc3)C2)cc1. The summed E-state index contributed by atoms with van der Waals surface area (Å²) in [6, 6.07) is 23.0. The average molecular weight is 503 g/mol. The van der Waals surface area contributed by atoms with Crippen molar-refractivity contribution in [3.8, 4) is 17.0 Å². The van der Waals surface area contributed by atoms with Gasteiger partial charge in [0.15, 0.2) is 0 Å². The van der Waals surface area contributed by atoms with E-state index in [-0.39, 0.29) is 11.7 Å². The Morgan fingerprint density at radius 2 is 1.71 bits per heavy atom. The van der Waals surface area contributed by atoms with Crippen LogP contribution in [0.4, 0.5) is 10.8 Å². The van der Waals surface area contributed by atoms with E-state index in [0.29, 0.717) is 0 Å². The predicted molar refractivity (Wildman–Crippen MR) is 142 cm³/mol. The summed E-state index contributed by atoms with van der Waals surface area (Å²) in [6.45, 7) is 0. The number of nitro groups is 1. The highest BCUT2D eigenvalue weighted by atomic mass is 32.2. The molecule has 1 aliphatic rings. The van der Waals surface area contributed by atoms with Crippen LogP contribution in [0, 0.1) is 10.1 Å². The number of aromatic nitrogens is 1. The van der Waals surface area contributed by atoms with Crippen LogP contribution in [-0.2, 0) is 0 Å². The molecule has 35 heavy (non-hydrogen) atoms. The summed E-state index contributed by atoms with van der Waals surface area (Å²) in [5.74, 6) is 0.807. The summed E-state index contributed by atoms with van der Waals surface area (Å²) < 4.78 is 5.30. The van der Waals surface area contributed by atoms with Gasteiger partial charge in [0.2, 0.25) is 5.13 Å². The van der Waals surface area contributed by atoms with Gasteiger partial charge in [0.25, 0.3) is 5.69 Å². The molecule has 4 aromatic rings. The van der Waals surface area contributed by atoms with Crippen LogP contribution < -0.4 is 9.75 Å². The van der Waals surface area contributed by atoms with Gasteiger partial charge in [0, 0.05) is 34.4 Å². The lowest BCUT2D eigenvalue weighted by atomic mass is 9.98. The molecule has 1 aromatic heterocycles. The minimum Gasteiger partial charge on any atom is -0.497 e. The van der Waals surface area contributed by atoms with Crippen LogP contribution in [0.5, 0.6) is 5.75 Å². The fourth-order valence-electron chi connectivity index (χ4n) is 3.99. The molecule has 0 fully saturated rings. The number of non-ortho nitro benzene ring substituents is 1. The summed E-state index contributed by atoms with van der Waals surface area (Å²) >= 11 is 3.23. The highest BCUT2D eigenvalue weighted by molar-refractivity contribution is 7.98. The summed E-state index contributed by atoms with van der Waals surface area (Å²) in [7, 11) is 1.66. The van der Waals surface area contributed by atoms with Gasteiger partial charge in [-0.05, 0) is 65.9 Å². The van der Waals surface area contributed by atoms with Crippen molar-refractivity contribution in [2.45, 2.75) is 17.4 Å². The normalized spacial score (nSPS) is 15.2. The van der Waals surface area contributed by atoms with Crippen LogP contribution >= 0.6 is 23.1 Å². The molecule has 0 spiro atoms. The Morgan fingerprint density at radius 3 is 2.34 bits per heavy atom. The van der Waals surface area contributed by atoms with Gasteiger partial charge in [0.1, 0.15) is 5.75 Å². The maximum absolute atomic E-state index is 11.0. The molecule has 0 radical (unpaired) electrons. The third-order valence-corrected chi connectivity index (χ3v) is 7.47. The monoisotopic (exact) mass is 502 g/mol. The molecule has 3 aromatic carbocycles. The molecule has 176 valence electrons. The second kappa shape index (κ2) is 9.89. The van der Waals surface area contributed by atoms with E-state index < -0.39 is 4.92 Å². The predicted octanol–water partition coefficient (Wildman–Crippen LogP) is 6.80. The van der Waals surface area contributed by atoms with E-state index in [9.17, 15) is 10.1 Å². The molecule has 0 amide bonds. The Kier molecular flexibility index (Phi) is 6.52. The number of hydrogen-bond acceptors (Lipinski definition) is 8. The van der Waals surface area contributed by atoms with Gasteiger partial charge < -0.3 is 4.74 Å². The summed E-state index contributed by atoms with van der Waals surface area (Å²) in [4.78, 5) is 16.6. The third kappa shape index (κ3) is 4.78. The number of thiazole rings is 1. The van der Waals surface area contributed by atoms with Crippen LogP contribution in [0.15, 0.2) is 88.2 Å². The van der Waals surface area contributed by atoms with E-state index in [4.69, 9.17) is 14.8 Å². The summed E-state index contributed by atoms with van der Waals surface area (Å²) in [5.41, 5.74) is 4.86. The number of ether oxygens (including phenoxy) is 1. The van der Waals surface area contributed by atoms with Crippen molar-refractivity contribution >= 4 is 39.6 Å². The average Bonchev–Trinajstić information content (AvgIpc) is 3.57. The van der Waals surface area contributed by atoms with Crippen molar-refractivity contribution in [3.63, 3.8) is 0 Å². The van der Waals surface area contributed by atoms with Gasteiger partial charge in [-0.1, -0.05) is 12.1 Å². The Labute approximate surface area is 211 Å². The molecule has 0 saturated heterocycles. The largest absolute Gasteiger partial charge is 0.497 e. The van der Waals surface area contributed by atoms with Gasteiger partial charge in [-0.25, -0.2) is 9.99 Å². The first-order valence-corrected chi connectivity index (χ1v) is 13.0. The first kappa shape index (κ1) is 23.1. The van der Waals surface area contributed by atoms with Crippen molar-refractivity contribution < 1.29 is 9.66 Å². The van der Waals surface area contributed by atoms with Crippen LogP contribution in [-0.4, -0.2) is 29.0 Å². The fraction of sp³-hybridized carbons (Fsp3) is 0.154. The van der Waals surface area contributed by atoms with Crippen molar-refractivity contribution in [3.05, 3.63) is 99.4 Å². The standard InChI is InChI=1S/C26H22N4O3S2/c1-33-21-11-5-17(6-12-21)23-15-25(19-7-13-22(34-2)14-8-19)29(28-23)26-27-24(16-35-26)18-3-9-20(10-4-18)30(31)32/h3-14,16,25H,15H2,1-2H3. The lowest BCUT2D eigenvalue weighted by molar-refractivity contribution is -0.384. The highest BCUT2D eigenvalue weighted by Gasteiger charge is 2.32. The molecular weight excluding hydrogens is 480 g/mol. The first-order valence-electron chi connectivity index (χ1n) is 10.9. The smallest absolute Gasteiger partial charge is 0.269 e. The van der Waals surface area contributed by atoms with Crippen molar-refractivity contribution in [2.24, 2.45) is 5.10 Å². The lowest BCUT2D eigenvalue weighted by Gasteiger charge is -2.21. The number of hydrogen-bond donors (Lipinski definition) is 0. The van der Waals surface area contributed by atoms with Gasteiger partial charge >= 0.3 is 0 Å².